The third kappa shape index (κ3) is 5.70. The molecule has 4 heteroatoms. The van der Waals surface area contributed by atoms with E-state index in [0.29, 0.717) is 0 Å². The molecule has 2 amide bonds. The van der Waals surface area contributed by atoms with E-state index >= 15 is 0 Å². The molecule has 0 aliphatic carbocycles. The molecule has 0 aliphatic rings. The van der Waals surface area contributed by atoms with Gasteiger partial charge in [-0.2, -0.15) is 0 Å². The minimum atomic E-state index is -0.149. The highest BCUT2D eigenvalue weighted by Gasteiger charge is 2.21. The number of benzene rings is 1. The lowest BCUT2D eigenvalue weighted by Gasteiger charge is -2.23. The number of hydrogen-bond donors (Lipinski definition) is 1. The lowest BCUT2D eigenvalue weighted by atomic mass is 9.98. The van der Waals surface area contributed by atoms with Crippen LogP contribution in [0.1, 0.15) is 50.7 Å². The number of carbonyl (C=O) groups is 2. The normalized spacial score (nSPS) is 11.9. The molecule has 23 heavy (non-hydrogen) atoms. The number of hydrogen-bond acceptors (Lipinski definition) is 2. The Hall–Kier alpha value is -1.84. The van der Waals surface area contributed by atoms with Crippen LogP contribution in [-0.2, 0) is 9.59 Å². The molecule has 0 aromatic heterocycles. The van der Waals surface area contributed by atoms with Crippen molar-refractivity contribution in [3.05, 3.63) is 29.3 Å². The molecule has 1 atom stereocenters. The second-order valence-corrected chi connectivity index (χ2v) is 6.26. The largest absolute Gasteiger partial charge is 0.336 e. The van der Waals surface area contributed by atoms with E-state index in [2.05, 4.69) is 12.2 Å². The van der Waals surface area contributed by atoms with Crippen molar-refractivity contribution in [3.8, 4) is 0 Å². The van der Waals surface area contributed by atoms with Crippen LogP contribution >= 0.6 is 0 Å². The van der Waals surface area contributed by atoms with E-state index in [1.54, 1.807) is 11.9 Å². The Balaban J connectivity index is 2.64. The van der Waals surface area contributed by atoms with Gasteiger partial charge in [0.15, 0.2) is 0 Å². The maximum Gasteiger partial charge on any atom is 0.243 e. The minimum absolute atomic E-state index is 0.0212. The first-order chi connectivity index (χ1) is 10.9. The van der Waals surface area contributed by atoms with E-state index in [1.807, 2.05) is 39.0 Å². The van der Waals surface area contributed by atoms with Crippen molar-refractivity contribution in [2.24, 2.45) is 5.92 Å². The zero-order valence-electron chi connectivity index (χ0n) is 15.1. The summed E-state index contributed by atoms with van der Waals surface area (Å²) in [5, 5.41) is 2.93. The van der Waals surface area contributed by atoms with E-state index < -0.39 is 0 Å². The fourth-order valence-corrected chi connectivity index (χ4v) is 2.75. The van der Waals surface area contributed by atoms with E-state index in [1.165, 1.54) is 0 Å². The van der Waals surface area contributed by atoms with Crippen LogP contribution in [0.4, 0.5) is 5.69 Å². The van der Waals surface area contributed by atoms with Crippen LogP contribution in [0.2, 0.25) is 0 Å². The fraction of sp³-hybridized carbons (Fsp3) is 0.579. The number of nitrogens with one attached hydrogen (secondary N) is 1. The molecule has 0 fully saturated rings. The molecule has 128 valence electrons. The number of para-hydroxylation sites is 1. The fourth-order valence-electron chi connectivity index (χ4n) is 2.75. The summed E-state index contributed by atoms with van der Waals surface area (Å²) in [5.41, 5.74) is 2.90. The van der Waals surface area contributed by atoms with Crippen molar-refractivity contribution in [2.75, 3.05) is 18.9 Å². The summed E-state index contributed by atoms with van der Waals surface area (Å²) in [4.78, 5) is 26.2. The number of aryl methyl sites for hydroxylation is 2. The number of nitrogens with zero attached hydrogens (tertiary/aromatic N) is 1. The predicted molar refractivity (Wildman–Crippen MR) is 95.5 cm³/mol. The third-order valence-electron chi connectivity index (χ3n) is 4.25. The molecule has 1 unspecified atom stereocenters. The first-order valence-electron chi connectivity index (χ1n) is 8.51. The molecule has 0 aliphatic heterocycles. The number of anilines is 1. The Morgan fingerprint density at radius 3 is 2.30 bits per heavy atom. The molecular formula is C19H30N2O2. The third-order valence-corrected chi connectivity index (χ3v) is 4.25. The van der Waals surface area contributed by atoms with Gasteiger partial charge in [0.05, 0.1) is 6.54 Å². The van der Waals surface area contributed by atoms with Crippen LogP contribution in [-0.4, -0.2) is 30.3 Å². The first kappa shape index (κ1) is 19.2. The Morgan fingerprint density at radius 1 is 1.17 bits per heavy atom. The number of rotatable bonds is 8. The molecule has 4 nitrogen and oxygen atoms in total. The van der Waals surface area contributed by atoms with Crippen molar-refractivity contribution >= 4 is 17.5 Å². The summed E-state index contributed by atoms with van der Waals surface area (Å²) in [5.74, 6) is -0.0610. The first-order valence-corrected chi connectivity index (χ1v) is 8.51. The Kier molecular flexibility index (Phi) is 7.79. The molecule has 0 saturated heterocycles. The van der Waals surface area contributed by atoms with Gasteiger partial charge >= 0.3 is 0 Å². The van der Waals surface area contributed by atoms with Gasteiger partial charge in [-0.05, 0) is 37.8 Å². The lowest BCUT2D eigenvalue weighted by molar-refractivity contribution is -0.137. The highest BCUT2D eigenvalue weighted by molar-refractivity contribution is 5.95. The van der Waals surface area contributed by atoms with E-state index in [4.69, 9.17) is 0 Å². The van der Waals surface area contributed by atoms with Crippen LogP contribution in [0.15, 0.2) is 18.2 Å². The molecule has 0 saturated carbocycles. The van der Waals surface area contributed by atoms with Crippen molar-refractivity contribution in [3.63, 3.8) is 0 Å². The van der Waals surface area contributed by atoms with E-state index in [0.717, 1.165) is 42.5 Å². The van der Waals surface area contributed by atoms with Gasteiger partial charge < -0.3 is 10.2 Å². The predicted octanol–water partition coefficient (Wildman–Crippen LogP) is 3.92. The van der Waals surface area contributed by atoms with Gasteiger partial charge in [0, 0.05) is 18.7 Å². The van der Waals surface area contributed by atoms with Crippen molar-refractivity contribution < 1.29 is 9.59 Å². The average molecular weight is 318 g/mol. The maximum absolute atomic E-state index is 12.4. The SMILES string of the molecule is CCCCC(CC)C(=O)N(C)CC(=O)Nc1c(C)cccc1C. The van der Waals surface area contributed by atoms with Crippen LogP contribution in [0.25, 0.3) is 0 Å². The summed E-state index contributed by atoms with van der Waals surface area (Å²) in [6.45, 7) is 8.18. The number of amides is 2. The van der Waals surface area contributed by atoms with Crippen LogP contribution in [0.3, 0.4) is 0 Å². The quantitative estimate of drug-likeness (QED) is 0.790. The van der Waals surface area contributed by atoms with Gasteiger partial charge in [0.25, 0.3) is 0 Å². The van der Waals surface area contributed by atoms with Crippen molar-refractivity contribution in [1.29, 1.82) is 0 Å². The molecule has 1 N–H and O–H groups in total. The topological polar surface area (TPSA) is 49.4 Å². The Labute approximate surface area is 140 Å². The van der Waals surface area contributed by atoms with Gasteiger partial charge in [-0.15, -0.1) is 0 Å². The molecule has 0 heterocycles. The number of likely N-dealkylation sites (N-methyl/N-ethyl adjacent to an activating group) is 1. The zero-order chi connectivity index (χ0) is 17.4. The molecule has 1 aromatic carbocycles. The van der Waals surface area contributed by atoms with Crippen molar-refractivity contribution in [1.82, 2.24) is 4.90 Å². The Bertz CT molecular complexity index is 520. The average Bonchev–Trinajstić information content (AvgIpc) is 2.51. The monoisotopic (exact) mass is 318 g/mol. The summed E-state index contributed by atoms with van der Waals surface area (Å²) in [7, 11) is 1.71. The van der Waals surface area contributed by atoms with Gasteiger partial charge in [0.1, 0.15) is 0 Å². The van der Waals surface area contributed by atoms with E-state index in [9.17, 15) is 9.59 Å². The van der Waals surface area contributed by atoms with Gasteiger partial charge in [-0.1, -0.05) is 44.9 Å². The maximum atomic E-state index is 12.4. The van der Waals surface area contributed by atoms with Crippen LogP contribution in [0.5, 0.6) is 0 Å². The summed E-state index contributed by atoms with van der Waals surface area (Å²) < 4.78 is 0. The number of unbranched alkanes of at least 4 members (excludes halogenated alkanes) is 1. The van der Waals surface area contributed by atoms with Crippen LogP contribution < -0.4 is 5.32 Å². The summed E-state index contributed by atoms with van der Waals surface area (Å²) >= 11 is 0. The van der Waals surface area contributed by atoms with Gasteiger partial charge in [0.2, 0.25) is 11.8 Å². The standard InChI is InChI=1S/C19H30N2O2/c1-6-8-12-16(7-2)19(23)21(5)13-17(22)20-18-14(3)10-9-11-15(18)4/h9-11,16H,6-8,12-13H2,1-5H3,(H,20,22). The summed E-state index contributed by atoms with van der Waals surface area (Å²) in [6.07, 6.45) is 3.85. The van der Waals surface area contributed by atoms with Gasteiger partial charge in [-0.3, -0.25) is 9.59 Å². The Morgan fingerprint density at radius 2 is 1.78 bits per heavy atom. The second-order valence-electron chi connectivity index (χ2n) is 6.26. The molecule has 0 radical (unpaired) electrons. The van der Waals surface area contributed by atoms with Crippen LogP contribution in [0, 0.1) is 19.8 Å². The minimum Gasteiger partial charge on any atom is -0.336 e. The summed E-state index contributed by atoms with van der Waals surface area (Å²) in [6, 6.07) is 5.90. The molecule has 0 bridgehead atoms. The zero-order valence-corrected chi connectivity index (χ0v) is 15.1. The lowest BCUT2D eigenvalue weighted by Crippen LogP contribution is -2.38. The molecule has 1 rings (SSSR count). The van der Waals surface area contributed by atoms with E-state index in [-0.39, 0.29) is 24.3 Å². The van der Waals surface area contributed by atoms with Crippen molar-refractivity contribution in [2.45, 2.75) is 53.4 Å². The molecular weight excluding hydrogens is 288 g/mol. The number of carbonyl (C=O) groups excluding carboxylic acids is 2. The molecule has 1 aromatic rings. The molecule has 0 spiro atoms. The smallest absolute Gasteiger partial charge is 0.243 e. The second kappa shape index (κ2) is 9.33. The van der Waals surface area contributed by atoms with Gasteiger partial charge in [-0.25, -0.2) is 0 Å². The highest BCUT2D eigenvalue weighted by atomic mass is 16.2. The highest BCUT2D eigenvalue weighted by Crippen LogP contribution is 2.19.